The zero-order chi connectivity index (χ0) is 12.6. The van der Waals surface area contributed by atoms with E-state index < -0.39 is 0 Å². The first-order valence-corrected chi connectivity index (χ1v) is 6.87. The van der Waals surface area contributed by atoms with Crippen molar-refractivity contribution in [1.82, 2.24) is 0 Å². The van der Waals surface area contributed by atoms with Crippen LogP contribution in [-0.2, 0) is 4.74 Å². The van der Waals surface area contributed by atoms with Crippen LogP contribution in [0.2, 0.25) is 0 Å². The normalized spacial score (nSPS) is 23.8. The van der Waals surface area contributed by atoms with E-state index in [1.807, 2.05) is 6.92 Å². The van der Waals surface area contributed by atoms with Crippen molar-refractivity contribution in [3.05, 3.63) is 29.8 Å². The lowest BCUT2D eigenvalue weighted by molar-refractivity contribution is -0.000195. The second-order valence-electron chi connectivity index (χ2n) is 5.85. The van der Waals surface area contributed by atoms with Gasteiger partial charge in [0.15, 0.2) is 0 Å². The average molecular weight is 246 g/mol. The first-order chi connectivity index (χ1) is 8.69. The van der Waals surface area contributed by atoms with Gasteiger partial charge in [-0.05, 0) is 37.5 Å². The highest BCUT2D eigenvalue weighted by molar-refractivity contribution is 5.52. The second-order valence-corrected chi connectivity index (χ2v) is 5.85. The number of nitrogens with zero attached hydrogens (tertiary/aromatic N) is 1. The minimum atomic E-state index is 0.114. The van der Waals surface area contributed by atoms with Gasteiger partial charge in [-0.25, -0.2) is 0 Å². The maximum Gasteiger partial charge on any atom is 0.0472 e. The number of hydrogen-bond donors (Lipinski definition) is 1. The van der Waals surface area contributed by atoms with Crippen LogP contribution in [0.1, 0.15) is 31.4 Å². The van der Waals surface area contributed by atoms with Gasteiger partial charge in [0.1, 0.15) is 0 Å². The molecule has 0 amide bonds. The molecule has 0 aliphatic carbocycles. The summed E-state index contributed by atoms with van der Waals surface area (Å²) in [4.78, 5) is 2.47. The fourth-order valence-electron chi connectivity index (χ4n) is 3.07. The van der Waals surface area contributed by atoms with Crippen LogP contribution in [0.25, 0.3) is 0 Å². The van der Waals surface area contributed by atoms with Crippen molar-refractivity contribution in [3.63, 3.8) is 0 Å². The first-order valence-electron chi connectivity index (χ1n) is 6.87. The van der Waals surface area contributed by atoms with Crippen molar-refractivity contribution in [1.29, 1.82) is 0 Å². The Morgan fingerprint density at radius 3 is 2.67 bits per heavy atom. The quantitative estimate of drug-likeness (QED) is 0.870. The Balaban J connectivity index is 1.69. The Labute approximate surface area is 109 Å². The molecule has 2 fully saturated rings. The van der Waals surface area contributed by atoms with E-state index in [2.05, 4.69) is 29.2 Å². The Morgan fingerprint density at radius 2 is 2.00 bits per heavy atom. The van der Waals surface area contributed by atoms with Crippen molar-refractivity contribution >= 4 is 5.69 Å². The Kier molecular flexibility index (Phi) is 3.04. The molecule has 3 nitrogen and oxygen atoms in total. The molecule has 0 aromatic heterocycles. The molecule has 3 heteroatoms. The molecule has 98 valence electrons. The third-order valence-corrected chi connectivity index (χ3v) is 4.37. The van der Waals surface area contributed by atoms with E-state index in [9.17, 15) is 0 Å². The molecule has 2 aliphatic heterocycles. The lowest BCUT2D eigenvalue weighted by atomic mass is 9.73. The van der Waals surface area contributed by atoms with E-state index in [1.165, 1.54) is 37.2 Å². The highest BCUT2D eigenvalue weighted by Crippen LogP contribution is 2.42. The molecule has 0 radical (unpaired) electrons. The van der Waals surface area contributed by atoms with Crippen LogP contribution < -0.4 is 10.6 Å². The molecule has 2 N–H and O–H groups in total. The van der Waals surface area contributed by atoms with Crippen LogP contribution in [0.5, 0.6) is 0 Å². The molecule has 1 unspecified atom stereocenters. The number of anilines is 1. The molecule has 0 saturated carbocycles. The van der Waals surface area contributed by atoms with Crippen molar-refractivity contribution in [2.75, 3.05) is 31.2 Å². The average Bonchev–Trinajstić information content (AvgIpc) is 2.37. The van der Waals surface area contributed by atoms with Gasteiger partial charge < -0.3 is 15.4 Å². The summed E-state index contributed by atoms with van der Waals surface area (Å²) in [5.74, 6) is 0. The predicted octanol–water partition coefficient (Wildman–Crippen LogP) is 2.32. The third kappa shape index (κ3) is 2.13. The molecule has 1 atom stereocenters. The highest BCUT2D eigenvalue weighted by atomic mass is 16.5. The largest absolute Gasteiger partial charge is 0.381 e. The summed E-state index contributed by atoms with van der Waals surface area (Å²) in [6, 6.07) is 8.76. The van der Waals surface area contributed by atoms with Crippen LogP contribution in [0.3, 0.4) is 0 Å². The summed E-state index contributed by atoms with van der Waals surface area (Å²) in [7, 11) is 0. The topological polar surface area (TPSA) is 38.5 Å². The summed E-state index contributed by atoms with van der Waals surface area (Å²) < 4.78 is 5.46. The van der Waals surface area contributed by atoms with Crippen molar-refractivity contribution < 1.29 is 4.74 Å². The second kappa shape index (κ2) is 4.56. The van der Waals surface area contributed by atoms with Gasteiger partial charge in [0.25, 0.3) is 0 Å². The summed E-state index contributed by atoms with van der Waals surface area (Å²) in [5.41, 5.74) is 9.02. The van der Waals surface area contributed by atoms with Gasteiger partial charge in [0, 0.05) is 43.4 Å². The van der Waals surface area contributed by atoms with Gasteiger partial charge in [-0.1, -0.05) is 12.1 Å². The lowest BCUT2D eigenvalue weighted by Gasteiger charge is -2.53. The van der Waals surface area contributed by atoms with Crippen molar-refractivity contribution in [3.8, 4) is 0 Å². The highest BCUT2D eigenvalue weighted by Gasteiger charge is 2.43. The van der Waals surface area contributed by atoms with E-state index in [1.54, 1.807) is 0 Å². The van der Waals surface area contributed by atoms with Gasteiger partial charge in [0.2, 0.25) is 0 Å². The van der Waals surface area contributed by atoms with Gasteiger partial charge in [-0.2, -0.15) is 0 Å². The molecule has 1 aromatic carbocycles. The Morgan fingerprint density at radius 1 is 1.28 bits per heavy atom. The van der Waals surface area contributed by atoms with Crippen LogP contribution in [0.4, 0.5) is 5.69 Å². The summed E-state index contributed by atoms with van der Waals surface area (Å²) in [6.07, 6.45) is 2.44. The monoisotopic (exact) mass is 246 g/mol. The number of nitrogens with two attached hydrogens (primary N) is 1. The van der Waals surface area contributed by atoms with E-state index in [0.29, 0.717) is 5.41 Å². The van der Waals surface area contributed by atoms with E-state index >= 15 is 0 Å². The molecule has 1 spiro atoms. The number of ether oxygens (including phenoxy) is 1. The van der Waals surface area contributed by atoms with Gasteiger partial charge in [0.05, 0.1) is 0 Å². The summed E-state index contributed by atoms with van der Waals surface area (Å²) in [5, 5.41) is 0. The van der Waals surface area contributed by atoms with Crippen LogP contribution in [0.15, 0.2) is 24.3 Å². The minimum absolute atomic E-state index is 0.114. The third-order valence-electron chi connectivity index (χ3n) is 4.37. The summed E-state index contributed by atoms with van der Waals surface area (Å²) >= 11 is 0. The maximum absolute atomic E-state index is 5.94. The van der Waals surface area contributed by atoms with E-state index in [0.717, 1.165) is 13.2 Å². The van der Waals surface area contributed by atoms with Gasteiger partial charge >= 0.3 is 0 Å². The van der Waals surface area contributed by atoms with Crippen molar-refractivity contribution in [2.45, 2.75) is 25.8 Å². The number of benzene rings is 1. The molecule has 2 heterocycles. The molecule has 2 saturated heterocycles. The Bertz CT molecular complexity index is 416. The first kappa shape index (κ1) is 12.0. The molecule has 0 bridgehead atoms. The van der Waals surface area contributed by atoms with E-state index in [4.69, 9.17) is 10.5 Å². The summed E-state index contributed by atoms with van der Waals surface area (Å²) in [6.45, 7) is 6.27. The van der Waals surface area contributed by atoms with E-state index in [-0.39, 0.29) is 6.04 Å². The zero-order valence-electron chi connectivity index (χ0n) is 11.1. The van der Waals surface area contributed by atoms with Gasteiger partial charge in [-0.15, -0.1) is 0 Å². The zero-order valence-corrected chi connectivity index (χ0v) is 11.1. The van der Waals surface area contributed by atoms with Crippen LogP contribution in [-0.4, -0.2) is 26.3 Å². The minimum Gasteiger partial charge on any atom is -0.381 e. The number of rotatable bonds is 2. The molecular weight excluding hydrogens is 224 g/mol. The predicted molar refractivity (Wildman–Crippen MR) is 73.7 cm³/mol. The SMILES string of the molecule is CC(N)c1cccc(N2CC3(CCOCC3)C2)c1. The molecule has 3 rings (SSSR count). The smallest absolute Gasteiger partial charge is 0.0472 e. The fourth-order valence-corrected chi connectivity index (χ4v) is 3.07. The van der Waals surface area contributed by atoms with Gasteiger partial charge in [-0.3, -0.25) is 0 Å². The van der Waals surface area contributed by atoms with Crippen molar-refractivity contribution in [2.24, 2.45) is 11.1 Å². The maximum atomic E-state index is 5.94. The fraction of sp³-hybridized carbons (Fsp3) is 0.600. The Hall–Kier alpha value is -1.06. The van der Waals surface area contributed by atoms with Crippen LogP contribution >= 0.6 is 0 Å². The molecule has 1 aromatic rings. The molecule has 18 heavy (non-hydrogen) atoms. The standard InChI is InChI=1S/C15H22N2O/c1-12(16)13-3-2-4-14(9-13)17-10-15(11-17)5-7-18-8-6-15/h2-4,9,12H,5-8,10-11,16H2,1H3. The number of hydrogen-bond acceptors (Lipinski definition) is 3. The lowest BCUT2D eigenvalue weighted by Crippen LogP contribution is -2.58. The molecular formula is C15H22N2O. The molecule has 2 aliphatic rings. The van der Waals surface area contributed by atoms with Crippen LogP contribution in [0, 0.1) is 5.41 Å².